The van der Waals surface area contributed by atoms with Crippen LogP contribution in [0.25, 0.3) is 0 Å². The number of phenols is 1. The van der Waals surface area contributed by atoms with Crippen molar-refractivity contribution in [3.05, 3.63) is 29.8 Å². The fraction of sp³-hybridized carbons (Fsp3) is 0.565. The average molecular weight is 428 g/mol. The molecule has 0 bridgehead atoms. The Morgan fingerprint density at radius 1 is 1.10 bits per heavy atom. The lowest BCUT2D eigenvalue weighted by Gasteiger charge is -2.37. The molecule has 2 atom stereocenters. The lowest BCUT2D eigenvalue weighted by atomic mass is 9.73. The number of likely N-dealkylation sites (tertiary alicyclic amines) is 1. The van der Waals surface area contributed by atoms with Crippen molar-refractivity contribution in [3.63, 3.8) is 0 Å². The van der Waals surface area contributed by atoms with Crippen LogP contribution in [0, 0.1) is 11.8 Å². The Kier molecular flexibility index (Phi) is 5.73. The summed E-state index contributed by atoms with van der Waals surface area (Å²) in [6.07, 6.45) is 4.51. The van der Waals surface area contributed by atoms with Crippen LogP contribution < -0.4 is 5.32 Å². The molecule has 1 aromatic rings. The molecule has 4 amide bonds. The number of carbonyl (C=O) groups excluding carboxylic acids is 4. The molecule has 8 nitrogen and oxygen atoms in total. The van der Waals surface area contributed by atoms with Gasteiger partial charge in [-0.25, -0.2) is 4.79 Å². The van der Waals surface area contributed by atoms with Gasteiger partial charge in [-0.2, -0.15) is 0 Å². The normalized spacial score (nSPS) is 26.9. The minimum absolute atomic E-state index is 0.00873. The fourth-order valence-corrected chi connectivity index (χ4v) is 5.13. The maximum atomic E-state index is 13.1. The second-order valence-electron chi connectivity index (χ2n) is 9.01. The van der Waals surface area contributed by atoms with Crippen molar-refractivity contribution >= 4 is 23.6 Å². The van der Waals surface area contributed by atoms with Gasteiger partial charge in [0.1, 0.15) is 17.8 Å². The van der Waals surface area contributed by atoms with Crippen LogP contribution >= 0.6 is 0 Å². The quantitative estimate of drug-likeness (QED) is 0.566. The number of ketones is 1. The van der Waals surface area contributed by atoms with Gasteiger partial charge in [0, 0.05) is 24.6 Å². The van der Waals surface area contributed by atoms with Crippen LogP contribution in [0.4, 0.5) is 4.79 Å². The van der Waals surface area contributed by atoms with E-state index in [1.54, 1.807) is 17.0 Å². The third-order valence-corrected chi connectivity index (χ3v) is 7.17. The summed E-state index contributed by atoms with van der Waals surface area (Å²) in [4.78, 5) is 53.7. The summed E-state index contributed by atoms with van der Waals surface area (Å²) in [6, 6.07) is 5.71. The molecule has 3 fully saturated rings. The number of urea groups is 1. The number of amides is 4. The van der Waals surface area contributed by atoms with Crippen molar-refractivity contribution < 1.29 is 24.3 Å². The zero-order valence-electron chi connectivity index (χ0n) is 17.8. The second-order valence-corrected chi connectivity index (χ2v) is 9.01. The Balaban J connectivity index is 1.34. The number of carbonyl (C=O) groups is 4. The number of benzene rings is 1. The van der Waals surface area contributed by atoms with Crippen LogP contribution in [0.3, 0.4) is 0 Å². The Bertz CT molecular complexity index is 891. The lowest BCUT2D eigenvalue weighted by molar-refractivity contribution is -0.141. The van der Waals surface area contributed by atoms with E-state index in [0.717, 1.165) is 24.2 Å². The van der Waals surface area contributed by atoms with Gasteiger partial charge in [0.05, 0.1) is 0 Å². The molecule has 31 heavy (non-hydrogen) atoms. The van der Waals surface area contributed by atoms with Gasteiger partial charge in [0.2, 0.25) is 5.91 Å². The van der Waals surface area contributed by atoms with E-state index in [2.05, 4.69) is 5.32 Å². The number of imide groups is 1. The minimum atomic E-state index is -0.862. The van der Waals surface area contributed by atoms with Gasteiger partial charge in [0.15, 0.2) is 5.78 Å². The maximum absolute atomic E-state index is 13.1. The molecule has 0 unspecified atom stereocenters. The standard InChI is InChI=1S/C23H29N3O5/c1-15-4-2-3-11-23(15)21(30)26(22(31)24-23)14-19(28)25-12-9-17(10-13-25)20(29)16-5-7-18(27)8-6-16/h5-8,15,17,27H,2-4,9-14H2,1H3,(H,24,31)/t15-,23+/m1/s1. The van der Waals surface area contributed by atoms with Crippen molar-refractivity contribution in [1.82, 2.24) is 15.1 Å². The molecule has 2 aliphatic heterocycles. The van der Waals surface area contributed by atoms with Gasteiger partial charge in [-0.1, -0.05) is 19.8 Å². The van der Waals surface area contributed by atoms with Crippen molar-refractivity contribution in [2.45, 2.75) is 51.0 Å². The van der Waals surface area contributed by atoms with Crippen LogP contribution in [-0.4, -0.2) is 63.7 Å². The van der Waals surface area contributed by atoms with Crippen molar-refractivity contribution in [2.75, 3.05) is 19.6 Å². The van der Waals surface area contributed by atoms with Gasteiger partial charge < -0.3 is 15.3 Å². The zero-order valence-corrected chi connectivity index (χ0v) is 17.8. The molecule has 0 aromatic heterocycles. The molecule has 2 saturated heterocycles. The average Bonchev–Trinajstić information content (AvgIpc) is 3.01. The monoisotopic (exact) mass is 427 g/mol. The molecule has 2 heterocycles. The molecule has 3 aliphatic rings. The van der Waals surface area contributed by atoms with E-state index in [4.69, 9.17) is 0 Å². The number of nitrogens with zero attached hydrogens (tertiary/aromatic N) is 2. The summed E-state index contributed by atoms with van der Waals surface area (Å²) >= 11 is 0. The van der Waals surface area contributed by atoms with E-state index in [1.165, 1.54) is 12.1 Å². The summed E-state index contributed by atoms with van der Waals surface area (Å²) in [5, 5.41) is 12.3. The molecule has 1 aromatic carbocycles. The first-order valence-electron chi connectivity index (χ1n) is 11.1. The SMILES string of the molecule is C[C@@H]1CCCC[C@]12NC(=O)N(CC(=O)N1CCC(C(=O)c3ccc(O)cc3)CC1)C2=O. The number of hydrogen-bond donors (Lipinski definition) is 2. The van der Waals surface area contributed by atoms with E-state index in [9.17, 15) is 24.3 Å². The molecule has 1 saturated carbocycles. The topological polar surface area (TPSA) is 107 Å². The van der Waals surface area contributed by atoms with Crippen LogP contribution in [0.5, 0.6) is 5.75 Å². The summed E-state index contributed by atoms with van der Waals surface area (Å²) < 4.78 is 0. The number of phenolic OH excluding ortho intramolecular Hbond substituents is 1. The number of rotatable bonds is 4. The first-order chi connectivity index (χ1) is 14.8. The summed E-state index contributed by atoms with van der Waals surface area (Å²) in [6.45, 7) is 2.56. The van der Waals surface area contributed by atoms with Crippen molar-refractivity contribution in [2.24, 2.45) is 11.8 Å². The van der Waals surface area contributed by atoms with Crippen LogP contribution in [0.1, 0.15) is 55.8 Å². The van der Waals surface area contributed by atoms with Crippen molar-refractivity contribution in [1.29, 1.82) is 0 Å². The first-order valence-corrected chi connectivity index (χ1v) is 11.1. The van der Waals surface area contributed by atoms with Crippen LogP contribution in [0.2, 0.25) is 0 Å². The van der Waals surface area contributed by atoms with Gasteiger partial charge in [-0.15, -0.1) is 0 Å². The zero-order chi connectivity index (χ0) is 22.2. The van der Waals surface area contributed by atoms with Gasteiger partial charge >= 0.3 is 6.03 Å². The summed E-state index contributed by atoms with van der Waals surface area (Å²) in [7, 11) is 0. The molecular weight excluding hydrogens is 398 g/mol. The van der Waals surface area contributed by atoms with E-state index in [1.807, 2.05) is 6.92 Å². The van der Waals surface area contributed by atoms with Crippen LogP contribution in [0.15, 0.2) is 24.3 Å². The Labute approximate surface area is 181 Å². The molecule has 2 N–H and O–H groups in total. The second kappa shape index (κ2) is 8.32. The van der Waals surface area contributed by atoms with Crippen molar-refractivity contribution in [3.8, 4) is 5.75 Å². The summed E-state index contributed by atoms with van der Waals surface area (Å²) in [5.74, 6) is -0.553. The maximum Gasteiger partial charge on any atom is 0.325 e. The third kappa shape index (κ3) is 3.91. The highest BCUT2D eigenvalue weighted by Crippen LogP contribution is 2.38. The number of Topliss-reactive ketones (excluding diaryl/α,β-unsaturated/α-hetero) is 1. The highest BCUT2D eigenvalue weighted by molar-refractivity contribution is 6.09. The van der Waals surface area contributed by atoms with Gasteiger partial charge in [0.25, 0.3) is 5.91 Å². The minimum Gasteiger partial charge on any atom is -0.508 e. The number of piperidine rings is 1. The smallest absolute Gasteiger partial charge is 0.325 e. The summed E-state index contributed by atoms with van der Waals surface area (Å²) in [5.41, 5.74) is -0.312. The van der Waals surface area contributed by atoms with Crippen LogP contribution in [-0.2, 0) is 9.59 Å². The molecule has 1 aliphatic carbocycles. The van der Waals surface area contributed by atoms with E-state index in [0.29, 0.717) is 37.9 Å². The Morgan fingerprint density at radius 2 is 1.77 bits per heavy atom. The van der Waals surface area contributed by atoms with Gasteiger partial charge in [-0.3, -0.25) is 19.3 Å². The third-order valence-electron chi connectivity index (χ3n) is 7.17. The van der Waals surface area contributed by atoms with E-state index >= 15 is 0 Å². The Morgan fingerprint density at radius 3 is 2.42 bits per heavy atom. The van der Waals surface area contributed by atoms with E-state index < -0.39 is 11.6 Å². The molecular formula is C23H29N3O5. The first kappa shape index (κ1) is 21.3. The fourth-order valence-electron chi connectivity index (χ4n) is 5.13. The number of aromatic hydroxyl groups is 1. The largest absolute Gasteiger partial charge is 0.508 e. The highest BCUT2D eigenvalue weighted by atomic mass is 16.3. The number of hydrogen-bond acceptors (Lipinski definition) is 5. The Hall–Kier alpha value is -2.90. The molecule has 8 heteroatoms. The van der Waals surface area contributed by atoms with E-state index in [-0.39, 0.29) is 41.7 Å². The lowest BCUT2D eigenvalue weighted by Crippen LogP contribution is -2.54. The number of nitrogens with one attached hydrogen (secondary N) is 1. The van der Waals surface area contributed by atoms with Gasteiger partial charge in [-0.05, 0) is 55.9 Å². The molecule has 0 radical (unpaired) electrons. The predicted octanol–water partition coefficient (Wildman–Crippen LogP) is 2.31. The molecule has 1 spiro atoms. The molecule has 166 valence electrons. The molecule has 4 rings (SSSR count). The predicted molar refractivity (Wildman–Crippen MR) is 112 cm³/mol. The highest BCUT2D eigenvalue weighted by Gasteiger charge is 2.55.